The number of amides is 1. The number of rotatable bonds is 7. The summed E-state index contributed by atoms with van der Waals surface area (Å²) in [6, 6.07) is 13.5. The van der Waals surface area contributed by atoms with Gasteiger partial charge in [0.05, 0.1) is 12.9 Å². The molecule has 3 rings (SSSR count). The molecule has 26 heavy (non-hydrogen) atoms. The Kier molecular flexibility index (Phi) is 6.19. The van der Waals surface area contributed by atoms with Crippen molar-refractivity contribution in [2.24, 2.45) is 0 Å². The summed E-state index contributed by atoms with van der Waals surface area (Å²) in [5.74, 6) is 1.25. The van der Waals surface area contributed by atoms with Crippen molar-refractivity contribution in [1.29, 1.82) is 0 Å². The number of ether oxygens (including phenoxy) is 1. The second kappa shape index (κ2) is 8.77. The first kappa shape index (κ1) is 18.3. The summed E-state index contributed by atoms with van der Waals surface area (Å²) in [7, 11) is 1.62. The quantitative estimate of drug-likeness (QED) is 0.624. The third-order valence-electron chi connectivity index (χ3n) is 3.49. The van der Waals surface area contributed by atoms with Gasteiger partial charge in [0.1, 0.15) is 11.6 Å². The Labute approximate surface area is 158 Å². The minimum atomic E-state index is -0.292. The van der Waals surface area contributed by atoms with Crippen molar-refractivity contribution in [3.63, 3.8) is 0 Å². The fraction of sp³-hybridized carbons (Fsp3) is 0.167. The average molecular weight is 389 g/mol. The van der Waals surface area contributed by atoms with Crippen LogP contribution in [0.15, 0.2) is 52.9 Å². The number of halogens is 1. The molecule has 1 aromatic heterocycles. The molecule has 0 unspecified atom stereocenters. The van der Waals surface area contributed by atoms with Gasteiger partial charge in [-0.15, -0.1) is 0 Å². The maximum absolute atomic E-state index is 12.8. The van der Waals surface area contributed by atoms with Crippen molar-refractivity contribution in [3.05, 3.63) is 59.9 Å². The molecular formula is C18H16FN3O2S2. The zero-order valence-electron chi connectivity index (χ0n) is 13.9. The van der Waals surface area contributed by atoms with Crippen LogP contribution in [0.4, 0.5) is 4.39 Å². The summed E-state index contributed by atoms with van der Waals surface area (Å²) in [6.45, 7) is 0.368. The van der Waals surface area contributed by atoms with E-state index in [-0.39, 0.29) is 17.5 Å². The summed E-state index contributed by atoms with van der Waals surface area (Å²) in [5, 5.41) is 2.80. The number of benzene rings is 2. The Hall–Kier alpha value is -2.45. The molecule has 1 amide bonds. The first-order valence-corrected chi connectivity index (χ1v) is 9.52. The lowest BCUT2D eigenvalue weighted by Gasteiger charge is -2.04. The van der Waals surface area contributed by atoms with Gasteiger partial charge in [-0.05, 0) is 53.5 Å². The van der Waals surface area contributed by atoms with E-state index in [1.807, 2.05) is 24.3 Å². The monoisotopic (exact) mass is 389 g/mol. The number of nitrogens with zero attached hydrogens (tertiary/aromatic N) is 2. The number of carbonyl (C=O) groups is 1. The van der Waals surface area contributed by atoms with E-state index in [2.05, 4.69) is 14.7 Å². The zero-order chi connectivity index (χ0) is 18.4. The van der Waals surface area contributed by atoms with Gasteiger partial charge in [0, 0.05) is 12.1 Å². The van der Waals surface area contributed by atoms with Crippen molar-refractivity contribution < 1.29 is 13.9 Å². The first-order valence-electron chi connectivity index (χ1n) is 7.76. The number of hydrogen-bond donors (Lipinski definition) is 1. The molecule has 0 atom stereocenters. The van der Waals surface area contributed by atoms with Crippen molar-refractivity contribution in [1.82, 2.24) is 14.7 Å². The highest BCUT2D eigenvalue weighted by Gasteiger charge is 2.10. The highest BCUT2D eigenvalue weighted by Crippen LogP contribution is 2.26. The van der Waals surface area contributed by atoms with Crippen LogP contribution in [0.5, 0.6) is 5.75 Å². The highest BCUT2D eigenvalue weighted by atomic mass is 32.2. The number of aromatic nitrogens is 2. The third kappa shape index (κ3) is 5.03. The molecule has 0 aliphatic rings. The first-order chi connectivity index (χ1) is 12.6. The second-order valence-corrected chi connectivity index (χ2v) is 7.28. The molecule has 134 valence electrons. The SMILES string of the molecule is COc1ccc(-c2nsc(SCC(=O)NCc3ccc(F)cc3)n2)cc1. The zero-order valence-corrected chi connectivity index (χ0v) is 15.6. The second-order valence-electron chi connectivity index (χ2n) is 5.30. The van der Waals surface area contributed by atoms with Gasteiger partial charge in [-0.2, -0.15) is 4.37 Å². The van der Waals surface area contributed by atoms with Crippen LogP contribution in [-0.2, 0) is 11.3 Å². The van der Waals surface area contributed by atoms with E-state index in [0.29, 0.717) is 12.4 Å². The standard InChI is InChI=1S/C18H16FN3O2S2/c1-24-15-8-4-13(5-9-15)17-21-18(26-22-17)25-11-16(23)20-10-12-2-6-14(19)7-3-12/h2-9H,10-11H2,1H3,(H,20,23). The normalized spacial score (nSPS) is 10.5. The Morgan fingerprint density at radius 2 is 1.92 bits per heavy atom. The molecule has 5 nitrogen and oxygen atoms in total. The van der Waals surface area contributed by atoms with E-state index in [1.165, 1.54) is 35.4 Å². The van der Waals surface area contributed by atoms with Crippen LogP contribution in [0, 0.1) is 5.82 Å². The van der Waals surface area contributed by atoms with E-state index in [0.717, 1.165) is 21.2 Å². The molecule has 0 radical (unpaired) electrons. The Morgan fingerprint density at radius 3 is 2.62 bits per heavy atom. The molecule has 0 bridgehead atoms. The summed E-state index contributed by atoms with van der Waals surface area (Å²) in [4.78, 5) is 16.4. The van der Waals surface area contributed by atoms with Crippen LogP contribution in [-0.4, -0.2) is 28.1 Å². The predicted octanol–water partition coefficient (Wildman–Crippen LogP) is 3.76. The van der Waals surface area contributed by atoms with Gasteiger partial charge in [-0.1, -0.05) is 23.9 Å². The lowest BCUT2D eigenvalue weighted by Crippen LogP contribution is -2.24. The van der Waals surface area contributed by atoms with Crippen LogP contribution >= 0.6 is 23.3 Å². The molecule has 0 saturated heterocycles. The summed E-state index contributed by atoms with van der Waals surface area (Å²) in [6.07, 6.45) is 0. The number of carbonyl (C=O) groups excluding carboxylic acids is 1. The van der Waals surface area contributed by atoms with Gasteiger partial charge in [0.2, 0.25) is 5.91 Å². The number of methoxy groups -OCH3 is 1. The van der Waals surface area contributed by atoms with Gasteiger partial charge in [-0.3, -0.25) is 4.79 Å². The topological polar surface area (TPSA) is 64.1 Å². The average Bonchev–Trinajstić information content (AvgIpc) is 3.15. The lowest BCUT2D eigenvalue weighted by atomic mass is 10.2. The Bertz CT molecular complexity index is 867. The fourth-order valence-electron chi connectivity index (χ4n) is 2.11. The van der Waals surface area contributed by atoms with Crippen molar-refractivity contribution >= 4 is 29.2 Å². The van der Waals surface area contributed by atoms with Gasteiger partial charge < -0.3 is 10.1 Å². The van der Waals surface area contributed by atoms with E-state index >= 15 is 0 Å². The van der Waals surface area contributed by atoms with Gasteiger partial charge in [0.15, 0.2) is 10.2 Å². The molecular weight excluding hydrogens is 373 g/mol. The van der Waals surface area contributed by atoms with E-state index in [1.54, 1.807) is 19.2 Å². The van der Waals surface area contributed by atoms with Crippen LogP contribution in [0.25, 0.3) is 11.4 Å². The van der Waals surface area contributed by atoms with Gasteiger partial charge >= 0.3 is 0 Å². The van der Waals surface area contributed by atoms with Gasteiger partial charge in [0.25, 0.3) is 0 Å². The molecule has 1 N–H and O–H groups in total. The summed E-state index contributed by atoms with van der Waals surface area (Å²) < 4.78 is 23.0. The number of nitrogens with one attached hydrogen (secondary N) is 1. The minimum absolute atomic E-state index is 0.111. The number of thioether (sulfide) groups is 1. The lowest BCUT2D eigenvalue weighted by molar-refractivity contribution is -0.118. The Balaban J connectivity index is 1.49. The van der Waals surface area contributed by atoms with E-state index < -0.39 is 0 Å². The van der Waals surface area contributed by atoms with E-state index in [4.69, 9.17) is 4.74 Å². The molecule has 0 aliphatic carbocycles. The third-order valence-corrected chi connectivity index (χ3v) is 5.32. The smallest absolute Gasteiger partial charge is 0.230 e. The van der Waals surface area contributed by atoms with Crippen LogP contribution in [0.3, 0.4) is 0 Å². The molecule has 0 fully saturated rings. The molecule has 2 aromatic carbocycles. The largest absolute Gasteiger partial charge is 0.497 e. The van der Waals surface area contributed by atoms with Crippen LogP contribution in [0.1, 0.15) is 5.56 Å². The predicted molar refractivity (Wildman–Crippen MR) is 101 cm³/mol. The number of hydrogen-bond acceptors (Lipinski definition) is 6. The summed E-state index contributed by atoms with van der Waals surface area (Å²) in [5.41, 5.74) is 1.75. The molecule has 0 aliphatic heterocycles. The molecule has 0 spiro atoms. The molecule has 1 heterocycles. The van der Waals surface area contributed by atoms with E-state index in [9.17, 15) is 9.18 Å². The molecule has 3 aromatic rings. The van der Waals surface area contributed by atoms with Crippen molar-refractivity contribution in [2.75, 3.05) is 12.9 Å². The highest BCUT2D eigenvalue weighted by molar-refractivity contribution is 8.01. The Morgan fingerprint density at radius 1 is 1.19 bits per heavy atom. The van der Waals surface area contributed by atoms with Gasteiger partial charge in [-0.25, -0.2) is 9.37 Å². The maximum atomic E-state index is 12.8. The minimum Gasteiger partial charge on any atom is -0.497 e. The maximum Gasteiger partial charge on any atom is 0.230 e. The van der Waals surface area contributed by atoms with Crippen LogP contribution < -0.4 is 10.1 Å². The fourth-order valence-corrected chi connectivity index (χ4v) is 3.55. The van der Waals surface area contributed by atoms with Crippen LogP contribution in [0.2, 0.25) is 0 Å². The molecule has 8 heteroatoms. The summed E-state index contributed by atoms with van der Waals surface area (Å²) >= 11 is 2.60. The molecule has 0 saturated carbocycles. The van der Waals surface area contributed by atoms with Crippen molar-refractivity contribution in [3.8, 4) is 17.1 Å². The van der Waals surface area contributed by atoms with Crippen molar-refractivity contribution in [2.45, 2.75) is 10.9 Å².